The number of nitrogens with one attached hydrogen (secondary N) is 2. The Kier molecular flexibility index (Phi) is 4.67. The Morgan fingerprint density at radius 3 is 2.87 bits per heavy atom. The number of hydrogen-bond acceptors (Lipinski definition) is 4. The van der Waals surface area contributed by atoms with Crippen LogP contribution in [0.4, 0.5) is 5.82 Å². The SMILES string of the molecule is Cc1c(-c2nc3ccccc3[nH]2)c(NC(=O)c2ccco2)n(C[C@H]2CCCO2)c1C. The van der Waals surface area contributed by atoms with Gasteiger partial charge in [-0.25, -0.2) is 4.98 Å². The van der Waals surface area contributed by atoms with E-state index in [1.165, 1.54) is 6.26 Å². The second kappa shape index (κ2) is 7.50. The predicted molar refractivity (Wildman–Crippen MR) is 115 cm³/mol. The predicted octanol–water partition coefficient (Wildman–Crippen LogP) is 4.67. The highest BCUT2D eigenvalue weighted by molar-refractivity contribution is 6.04. The zero-order chi connectivity index (χ0) is 20.7. The molecule has 7 nitrogen and oxygen atoms in total. The molecule has 1 aromatic carbocycles. The van der Waals surface area contributed by atoms with Crippen LogP contribution in [0.25, 0.3) is 22.4 Å². The number of imidazole rings is 1. The number of H-pyrrole nitrogens is 1. The Morgan fingerprint density at radius 2 is 2.13 bits per heavy atom. The van der Waals surface area contributed by atoms with Crippen LogP contribution in [0.1, 0.15) is 34.7 Å². The number of benzene rings is 1. The Labute approximate surface area is 174 Å². The lowest BCUT2D eigenvalue weighted by Gasteiger charge is -2.17. The summed E-state index contributed by atoms with van der Waals surface area (Å²) in [5, 5.41) is 3.07. The smallest absolute Gasteiger partial charge is 0.292 e. The third-order valence-corrected chi connectivity index (χ3v) is 5.84. The lowest BCUT2D eigenvalue weighted by molar-refractivity contribution is 0.0957. The first-order valence-corrected chi connectivity index (χ1v) is 10.2. The summed E-state index contributed by atoms with van der Waals surface area (Å²) in [5.41, 5.74) is 4.89. The van der Waals surface area contributed by atoms with E-state index in [2.05, 4.69) is 28.7 Å². The molecule has 1 aliphatic heterocycles. The number of para-hydroxylation sites is 2. The average Bonchev–Trinajstić information content (AvgIpc) is 3.53. The molecule has 7 heteroatoms. The number of furan rings is 1. The van der Waals surface area contributed by atoms with Crippen LogP contribution in [0.15, 0.2) is 47.1 Å². The van der Waals surface area contributed by atoms with Crippen molar-refractivity contribution in [1.82, 2.24) is 14.5 Å². The number of carbonyl (C=O) groups is 1. The second-order valence-electron chi connectivity index (χ2n) is 7.71. The first kappa shape index (κ1) is 18.7. The third kappa shape index (κ3) is 3.21. The van der Waals surface area contributed by atoms with Gasteiger partial charge < -0.3 is 24.0 Å². The number of aromatic nitrogens is 3. The van der Waals surface area contributed by atoms with Crippen molar-refractivity contribution in [3.8, 4) is 11.4 Å². The Bertz CT molecular complexity index is 1160. The van der Waals surface area contributed by atoms with Gasteiger partial charge in [-0.1, -0.05) is 12.1 Å². The number of ether oxygens (including phenoxy) is 1. The fourth-order valence-corrected chi connectivity index (χ4v) is 4.15. The van der Waals surface area contributed by atoms with Gasteiger partial charge in [0, 0.05) is 12.3 Å². The topological polar surface area (TPSA) is 85.1 Å². The van der Waals surface area contributed by atoms with E-state index in [9.17, 15) is 4.79 Å². The molecule has 4 heterocycles. The summed E-state index contributed by atoms with van der Waals surface area (Å²) in [7, 11) is 0. The Balaban J connectivity index is 1.63. The van der Waals surface area contributed by atoms with Gasteiger partial charge in [-0.2, -0.15) is 0 Å². The van der Waals surface area contributed by atoms with Gasteiger partial charge in [0.05, 0.1) is 35.5 Å². The van der Waals surface area contributed by atoms with E-state index in [0.717, 1.165) is 53.1 Å². The van der Waals surface area contributed by atoms with E-state index in [1.807, 2.05) is 24.3 Å². The van der Waals surface area contributed by atoms with Gasteiger partial charge >= 0.3 is 0 Å². The van der Waals surface area contributed by atoms with E-state index >= 15 is 0 Å². The molecule has 4 aromatic rings. The highest BCUT2D eigenvalue weighted by Crippen LogP contribution is 2.36. The van der Waals surface area contributed by atoms with Gasteiger partial charge in [-0.05, 0) is 56.5 Å². The van der Waals surface area contributed by atoms with Crippen molar-refractivity contribution in [3.63, 3.8) is 0 Å². The van der Waals surface area contributed by atoms with E-state index in [4.69, 9.17) is 14.1 Å². The minimum atomic E-state index is -0.288. The number of hydrogen-bond donors (Lipinski definition) is 2. The molecule has 1 amide bonds. The molecule has 1 saturated heterocycles. The van der Waals surface area contributed by atoms with Crippen LogP contribution >= 0.6 is 0 Å². The third-order valence-electron chi connectivity index (χ3n) is 5.84. The Morgan fingerprint density at radius 1 is 1.27 bits per heavy atom. The van der Waals surface area contributed by atoms with Gasteiger partial charge in [0.2, 0.25) is 0 Å². The highest BCUT2D eigenvalue weighted by atomic mass is 16.5. The molecular formula is C23H24N4O3. The van der Waals surface area contributed by atoms with Crippen molar-refractivity contribution in [3.05, 3.63) is 59.7 Å². The molecule has 0 spiro atoms. The maximum atomic E-state index is 12.9. The number of aromatic amines is 1. The molecule has 1 atom stereocenters. The molecular weight excluding hydrogens is 380 g/mol. The van der Waals surface area contributed by atoms with Crippen LogP contribution in [0.5, 0.6) is 0 Å². The molecule has 1 aliphatic rings. The van der Waals surface area contributed by atoms with Crippen LogP contribution in [0.2, 0.25) is 0 Å². The lowest BCUT2D eigenvalue weighted by Crippen LogP contribution is -2.21. The van der Waals surface area contributed by atoms with E-state index in [0.29, 0.717) is 12.4 Å². The van der Waals surface area contributed by atoms with Crippen molar-refractivity contribution in [2.45, 2.75) is 39.3 Å². The van der Waals surface area contributed by atoms with E-state index < -0.39 is 0 Å². The first-order chi connectivity index (χ1) is 14.6. The molecule has 0 aliphatic carbocycles. The quantitative estimate of drug-likeness (QED) is 0.506. The molecule has 0 bridgehead atoms. The van der Waals surface area contributed by atoms with Gasteiger partial charge in [0.1, 0.15) is 11.6 Å². The fourth-order valence-electron chi connectivity index (χ4n) is 4.15. The summed E-state index contributed by atoms with van der Waals surface area (Å²) in [4.78, 5) is 21.1. The summed E-state index contributed by atoms with van der Waals surface area (Å²) < 4.78 is 13.3. The van der Waals surface area contributed by atoms with Crippen LogP contribution in [-0.4, -0.2) is 33.2 Å². The van der Waals surface area contributed by atoms with Crippen molar-refractivity contribution in [2.24, 2.45) is 0 Å². The minimum absolute atomic E-state index is 0.137. The number of fused-ring (bicyclic) bond motifs is 1. The molecule has 3 aromatic heterocycles. The monoisotopic (exact) mass is 404 g/mol. The number of rotatable bonds is 5. The number of carbonyl (C=O) groups excluding carboxylic acids is 1. The highest BCUT2D eigenvalue weighted by Gasteiger charge is 2.26. The summed E-state index contributed by atoms with van der Waals surface area (Å²) in [6.45, 7) is 5.60. The Hall–Kier alpha value is -3.32. The largest absolute Gasteiger partial charge is 0.459 e. The van der Waals surface area contributed by atoms with Crippen molar-refractivity contribution < 1.29 is 13.9 Å². The van der Waals surface area contributed by atoms with E-state index in [1.54, 1.807) is 12.1 Å². The number of anilines is 1. The normalized spacial score (nSPS) is 16.4. The van der Waals surface area contributed by atoms with Crippen LogP contribution in [0, 0.1) is 13.8 Å². The first-order valence-electron chi connectivity index (χ1n) is 10.2. The molecule has 0 unspecified atom stereocenters. The summed E-state index contributed by atoms with van der Waals surface area (Å²) in [5.74, 6) is 1.42. The summed E-state index contributed by atoms with van der Waals surface area (Å²) in [6.07, 6.45) is 3.71. The summed E-state index contributed by atoms with van der Waals surface area (Å²) >= 11 is 0. The zero-order valence-electron chi connectivity index (χ0n) is 17.1. The standard InChI is InChI=1S/C23H24N4O3/c1-14-15(2)27(13-16-7-5-11-29-16)22(26-23(28)19-10-6-12-30-19)20(14)21-24-17-8-3-4-9-18(17)25-21/h3-4,6,8-10,12,16H,5,7,11,13H2,1-2H3,(H,24,25)(H,26,28)/t16-/m1/s1. The molecule has 154 valence electrons. The fraction of sp³-hybridized carbons (Fsp3) is 0.304. The lowest BCUT2D eigenvalue weighted by atomic mass is 10.1. The van der Waals surface area contributed by atoms with Gasteiger partial charge in [0.15, 0.2) is 5.76 Å². The molecule has 5 rings (SSSR count). The number of nitrogens with zero attached hydrogens (tertiary/aromatic N) is 2. The van der Waals surface area contributed by atoms with Crippen molar-refractivity contribution in [1.29, 1.82) is 0 Å². The average molecular weight is 404 g/mol. The maximum Gasteiger partial charge on any atom is 0.292 e. The molecule has 30 heavy (non-hydrogen) atoms. The molecule has 0 saturated carbocycles. The maximum absolute atomic E-state index is 12.9. The van der Waals surface area contributed by atoms with Gasteiger partial charge in [-0.15, -0.1) is 0 Å². The van der Waals surface area contributed by atoms with Crippen LogP contribution < -0.4 is 5.32 Å². The van der Waals surface area contributed by atoms with Gasteiger partial charge in [0.25, 0.3) is 5.91 Å². The molecule has 0 radical (unpaired) electrons. The van der Waals surface area contributed by atoms with Crippen LogP contribution in [-0.2, 0) is 11.3 Å². The zero-order valence-corrected chi connectivity index (χ0v) is 17.1. The van der Waals surface area contributed by atoms with Crippen LogP contribution in [0.3, 0.4) is 0 Å². The summed E-state index contributed by atoms with van der Waals surface area (Å²) in [6, 6.07) is 11.3. The van der Waals surface area contributed by atoms with Crippen molar-refractivity contribution >= 4 is 22.8 Å². The van der Waals surface area contributed by atoms with Crippen molar-refractivity contribution in [2.75, 3.05) is 11.9 Å². The second-order valence-corrected chi connectivity index (χ2v) is 7.71. The molecule has 2 N–H and O–H groups in total. The molecule has 1 fully saturated rings. The van der Waals surface area contributed by atoms with Gasteiger partial charge in [-0.3, -0.25) is 4.79 Å². The minimum Gasteiger partial charge on any atom is -0.459 e. The van der Waals surface area contributed by atoms with E-state index in [-0.39, 0.29) is 17.8 Å². The number of amides is 1.